The van der Waals surface area contributed by atoms with Crippen LogP contribution in [0.3, 0.4) is 0 Å². The molecule has 0 amide bonds. The van der Waals surface area contributed by atoms with Gasteiger partial charge in [-0.1, -0.05) is 17.7 Å². The van der Waals surface area contributed by atoms with E-state index >= 15 is 0 Å². The summed E-state index contributed by atoms with van der Waals surface area (Å²) in [7, 11) is 0. The van der Waals surface area contributed by atoms with Gasteiger partial charge in [0.2, 0.25) is 0 Å². The van der Waals surface area contributed by atoms with E-state index in [9.17, 15) is 10.1 Å². The zero-order chi connectivity index (χ0) is 13.8. The first-order chi connectivity index (χ1) is 9.08. The highest BCUT2D eigenvalue weighted by Crippen LogP contribution is 2.30. The molecule has 19 heavy (non-hydrogen) atoms. The summed E-state index contributed by atoms with van der Waals surface area (Å²) in [5.41, 5.74) is 0.909. The fourth-order valence-electron chi connectivity index (χ4n) is 1.42. The lowest BCUT2D eigenvalue weighted by Gasteiger charge is -2.04. The summed E-state index contributed by atoms with van der Waals surface area (Å²) >= 11 is 10.6. The number of pyridine rings is 1. The van der Waals surface area contributed by atoms with Gasteiger partial charge >= 0.3 is 0 Å². The monoisotopic (exact) mass is 358 g/mol. The highest BCUT2D eigenvalue weighted by atomic mass is 79.9. The lowest BCUT2D eigenvalue weighted by atomic mass is 10.2. The molecule has 1 aromatic carbocycles. The molecule has 4 nitrogen and oxygen atoms in total. The van der Waals surface area contributed by atoms with Gasteiger partial charge in [-0.15, -0.1) is 11.8 Å². The van der Waals surface area contributed by atoms with E-state index in [2.05, 4.69) is 20.9 Å². The largest absolute Gasteiger partial charge is 0.283 e. The van der Waals surface area contributed by atoms with Crippen LogP contribution < -0.4 is 0 Å². The molecule has 1 aromatic heterocycles. The van der Waals surface area contributed by atoms with Crippen molar-refractivity contribution >= 4 is 45.0 Å². The van der Waals surface area contributed by atoms with Crippen LogP contribution >= 0.6 is 39.3 Å². The van der Waals surface area contributed by atoms with Crippen molar-refractivity contribution in [1.29, 1.82) is 0 Å². The van der Waals surface area contributed by atoms with Crippen LogP contribution in [0.15, 0.2) is 46.0 Å². The van der Waals surface area contributed by atoms with Gasteiger partial charge in [0, 0.05) is 18.0 Å². The van der Waals surface area contributed by atoms with Crippen molar-refractivity contribution in [3.63, 3.8) is 0 Å². The van der Waals surface area contributed by atoms with E-state index in [-0.39, 0.29) is 5.69 Å². The van der Waals surface area contributed by atoms with Gasteiger partial charge in [-0.2, -0.15) is 0 Å². The zero-order valence-corrected chi connectivity index (χ0v) is 12.7. The first-order valence-electron chi connectivity index (χ1n) is 5.24. The fourth-order valence-corrected chi connectivity index (χ4v) is 2.92. The van der Waals surface area contributed by atoms with Crippen molar-refractivity contribution in [3.8, 4) is 0 Å². The quantitative estimate of drug-likeness (QED) is 0.451. The van der Waals surface area contributed by atoms with E-state index in [4.69, 9.17) is 11.6 Å². The van der Waals surface area contributed by atoms with Crippen LogP contribution in [0.5, 0.6) is 0 Å². The summed E-state index contributed by atoms with van der Waals surface area (Å²) in [6, 6.07) is 8.58. The summed E-state index contributed by atoms with van der Waals surface area (Å²) < 4.78 is 0.474. The third-order valence-corrected chi connectivity index (χ3v) is 4.47. The van der Waals surface area contributed by atoms with Crippen LogP contribution in [0.1, 0.15) is 5.56 Å². The molecule has 0 fully saturated rings. The second-order valence-corrected chi connectivity index (χ2v) is 5.85. The maximum atomic E-state index is 10.8. The van der Waals surface area contributed by atoms with Crippen molar-refractivity contribution in [2.24, 2.45) is 0 Å². The summed E-state index contributed by atoms with van der Waals surface area (Å²) in [5, 5.41) is 12.1. The van der Waals surface area contributed by atoms with Gasteiger partial charge in [0.15, 0.2) is 0 Å². The molecule has 0 aliphatic carbocycles. The van der Waals surface area contributed by atoms with Crippen molar-refractivity contribution in [1.82, 2.24) is 4.98 Å². The molecule has 0 radical (unpaired) electrons. The first-order valence-corrected chi connectivity index (χ1v) is 7.39. The third kappa shape index (κ3) is 3.68. The van der Waals surface area contributed by atoms with Crippen molar-refractivity contribution < 1.29 is 4.92 Å². The van der Waals surface area contributed by atoms with Gasteiger partial charge in [0.25, 0.3) is 5.69 Å². The minimum absolute atomic E-state index is 0.0604. The van der Waals surface area contributed by atoms with Gasteiger partial charge in [0.05, 0.1) is 14.4 Å². The third-order valence-electron chi connectivity index (χ3n) is 2.31. The number of rotatable bonds is 4. The molecule has 0 aliphatic rings. The predicted molar refractivity (Wildman–Crippen MR) is 79.6 cm³/mol. The summed E-state index contributed by atoms with van der Waals surface area (Å²) in [6.45, 7) is 0. The average Bonchev–Trinajstić information content (AvgIpc) is 2.39. The van der Waals surface area contributed by atoms with Crippen LogP contribution in [0.25, 0.3) is 0 Å². The van der Waals surface area contributed by atoms with Crippen molar-refractivity contribution in [2.45, 2.75) is 10.8 Å². The second kappa shape index (κ2) is 6.36. The fraction of sp³-hybridized carbons (Fsp3) is 0.0833. The van der Waals surface area contributed by atoms with Gasteiger partial charge in [0.1, 0.15) is 5.03 Å². The SMILES string of the molecule is O=[N+]([O-])c1cc(CSc2ncccc2Cl)ccc1Br. The van der Waals surface area contributed by atoms with E-state index in [0.29, 0.717) is 15.2 Å². The lowest BCUT2D eigenvalue weighted by Crippen LogP contribution is -1.91. The minimum atomic E-state index is -0.411. The van der Waals surface area contributed by atoms with Crippen LogP contribution in [-0.2, 0) is 5.75 Å². The van der Waals surface area contributed by atoms with Gasteiger partial charge in [-0.05, 0) is 39.7 Å². The Morgan fingerprint density at radius 2 is 2.21 bits per heavy atom. The van der Waals surface area contributed by atoms with Crippen LogP contribution in [-0.4, -0.2) is 9.91 Å². The van der Waals surface area contributed by atoms with Gasteiger partial charge in [-0.25, -0.2) is 4.98 Å². The maximum absolute atomic E-state index is 10.8. The van der Waals surface area contributed by atoms with Crippen LogP contribution in [0.4, 0.5) is 5.69 Å². The number of nitrogens with zero attached hydrogens (tertiary/aromatic N) is 2. The van der Waals surface area contributed by atoms with Crippen LogP contribution in [0.2, 0.25) is 5.02 Å². The Kier molecular flexibility index (Phi) is 4.79. The number of aromatic nitrogens is 1. The van der Waals surface area contributed by atoms with Gasteiger partial charge in [-0.3, -0.25) is 10.1 Å². The number of hydrogen-bond acceptors (Lipinski definition) is 4. The van der Waals surface area contributed by atoms with Gasteiger partial charge < -0.3 is 0 Å². The number of benzene rings is 1. The Balaban J connectivity index is 2.14. The number of nitro benzene ring substituents is 1. The number of nitro groups is 1. The van der Waals surface area contributed by atoms with E-state index in [1.54, 1.807) is 30.5 Å². The Labute approximate surface area is 127 Å². The second-order valence-electron chi connectivity index (χ2n) is 3.62. The maximum Gasteiger partial charge on any atom is 0.283 e. The summed E-state index contributed by atoms with van der Waals surface area (Å²) in [4.78, 5) is 14.6. The number of thioether (sulfide) groups is 1. The Hall–Kier alpha value is -1.11. The van der Waals surface area contributed by atoms with E-state index < -0.39 is 4.92 Å². The molecule has 7 heteroatoms. The molecule has 2 aromatic rings. The molecular formula is C12H8BrClN2O2S. The molecule has 0 atom stereocenters. The molecule has 2 rings (SSSR count). The highest BCUT2D eigenvalue weighted by molar-refractivity contribution is 9.10. The topological polar surface area (TPSA) is 56.0 Å². The molecule has 0 N–H and O–H groups in total. The number of halogens is 2. The normalized spacial score (nSPS) is 10.4. The lowest BCUT2D eigenvalue weighted by molar-refractivity contribution is -0.385. The van der Waals surface area contributed by atoms with Crippen LogP contribution in [0, 0.1) is 10.1 Å². The smallest absolute Gasteiger partial charge is 0.258 e. The molecule has 0 unspecified atom stereocenters. The summed E-state index contributed by atoms with van der Waals surface area (Å²) in [6.07, 6.45) is 1.66. The number of hydrogen-bond donors (Lipinski definition) is 0. The van der Waals surface area contributed by atoms with E-state index in [0.717, 1.165) is 10.6 Å². The Bertz CT molecular complexity index is 624. The predicted octanol–water partition coefficient (Wildman–Crippen LogP) is 4.70. The first kappa shape index (κ1) is 14.3. The molecule has 0 saturated carbocycles. The Morgan fingerprint density at radius 1 is 1.42 bits per heavy atom. The van der Waals surface area contributed by atoms with E-state index in [1.807, 2.05) is 6.07 Å². The molecular weight excluding hydrogens is 352 g/mol. The molecule has 0 bridgehead atoms. The molecule has 1 heterocycles. The molecule has 0 aliphatic heterocycles. The standard InChI is InChI=1S/C12H8BrClN2O2S/c13-9-4-3-8(6-11(9)16(17)18)7-19-12-10(14)2-1-5-15-12/h1-6H,7H2. The van der Waals surface area contributed by atoms with Crippen molar-refractivity contribution in [3.05, 3.63) is 61.7 Å². The average molecular weight is 360 g/mol. The summed E-state index contributed by atoms with van der Waals surface area (Å²) in [5.74, 6) is 0.574. The Morgan fingerprint density at radius 3 is 2.89 bits per heavy atom. The molecule has 98 valence electrons. The highest BCUT2D eigenvalue weighted by Gasteiger charge is 2.12. The molecule has 0 spiro atoms. The molecule has 0 saturated heterocycles. The minimum Gasteiger partial charge on any atom is -0.258 e. The van der Waals surface area contributed by atoms with Crippen molar-refractivity contribution in [2.75, 3.05) is 0 Å². The zero-order valence-electron chi connectivity index (χ0n) is 9.55. The van der Waals surface area contributed by atoms with E-state index in [1.165, 1.54) is 11.8 Å².